The maximum absolute atomic E-state index is 13.9. The highest BCUT2D eigenvalue weighted by molar-refractivity contribution is 7.99. The molecule has 0 saturated heterocycles. The monoisotopic (exact) mass is 666 g/mol. The summed E-state index contributed by atoms with van der Waals surface area (Å²) in [4.78, 5) is 28.0. The number of para-hydroxylation sites is 1. The number of thiophene rings is 1. The van der Waals surface area contributed by atoms with Crippen molar-refractivity contribution < 1.29 is 19.1 Å². The smallest absolute Gasteiger partial charge is 0.255 e. The molecule has 6 rings (SSSR count). The average molecular weight is 667 g/mol. The van der Waals surface area contributed by atoms with E-state index < -0.39 is 0 Å². The number of rotatable bonds is 11. The standard InChI is InChI=1S/C35H34N6O4S2/c1-22-11-12-23(2)28(18-22)40-32(20-36-34(43)26-8-5-6-9-30(26)45-4)37-38-35(40)47-21-33(42)41-29(24-13-15-25(44-3)16-14-24)19-27(39-41)31-10-7-17-46-31/h5-18,29H,19-21H2,1-4H3,(H,36,43)/t29-/m1/s1. The number of benzene rings is 3. The fraction of sp³-hybridized carbons (Fsp3) is 0.229. The third kappa shape index (κ3) is 6.93. The number of aromatic nitrogens is 3. The van der Waals surface area contributed by atoms with Gasteiger partial charge in [0.1, 0.15) is 11.5 Å². The molecule has 1 atom stereocenters. The molecular weight excluding hydrogens is 633 g/mol. The van der Waals surface area contributed by atoms with Gasteiger partial charge in [-0.1, -0.05) is 54.2 Å². The minimum Gasteiger partial charge on any atom is -0.497 e. The maximum atomic E-state index is 13.9. The van der Waals surface area contributed by atoms with E-state index in [2.05, 4.69) is 15.5 Å². The normalized spacial score (nSPS) is 14.2. The summed E-state index contributed by atoms with van der Waals surface area (Å²) in [7, 11) is 3.16. The summed E-state index contributed by atoms with van der Waals surface area (Å²) in [5.41, 5.74) is 5.22. The molecule has 0 radical (unpaired) electrons. The average Bonchev–Trinajstić information content (AvgIpc) is 3.88. The van der Waals surface area contributed by atoms with Gasteiger partial charge in [-0.2, -0.15) is 5.10 Å². The topological polar surface area (TPSA) is 111 Å². The molecule has 1 aliphatic rings. The van der Waals surface area contributed by atoms with E-state index in [9.17, 15) is 9.59 Å². The summed E-state index contributed by atoms with van der Waals surface area (Å²) in [6.45, 7) is 4.14. The van der Waals surface area contributed by atoms with E-state index in [1.54, 1.807) is 41.7 Å². The third-order valence-corrected chi connectivity index (χ3v) is 9.69. The number of amides is 2. The van der Waals surface area contributed by atoms with Crippen LogP contribution in [0.5, 0.6) is 11.5 Å². The highest BCUT2D eigenvalue weighted by Crippen LogP contribution is 2.35. The Hall–Kier alpha value is -4.94. The Morgan fingerprint density at radius 3 is 2.53 bits per heavy atom. The molecule has 3 aromatic carbocycles. The molecule has 2 amide bonds. The molecule has 0 bridgehead atoms. The number of aryl methyl sites for hydroxylation is 2. The summed E-state index contributed by atoms with van der Waals surface area (Å²) < 4.78 is 12.6. The van der Waals surface area contributed by atoms with Gasteiger partial charge in [-0.25, -0.2) is 5.01 Å². The van der Waals surface area contributed by atoms with Gasteiger partial charge in [-0.05, 0) is 72.3 Å². The van der Waals surface area contributed by atoms with Gasteiger partial charge in [0.2, 0.25) is 0 Å². The van der Waals surface area contributed by atoms with Crippen molar-refractivity contribution in [3.8, 4) is 17.2 Å². The van der Waals surface area contributed by atoms with Gasteiger partial charge in [0.05, 0.1) is 54.4 Å². The van der Waals surface area contributed by atoms with Crippen molar-refractivity contribution >= 4 is 40.6 Å². The van der Waals surface area contributed by atoms with E-state index in [4.69, 9.17) is 14.6 Å². The van der Waals surface area contributed by atoms with Gasteiger partial charge in [0.15, 0.2) is 11.0 Å². The van der Waals surface area contributed by atoms with Crippen LogP contribution in [0, 0.1) is 13.8 Å². The molecule has 1 N–H and O–H groups in total. The second-order valence-corrected chi connectivity index (χ2v) is 12.8. The van der Waals surface area contributed by atoms with Gasteiger partial charge >= 0.3 is 0 Å². The van der Waals surface area contributed by atoms with Crippen molar-refractivity contribution in [1.29, 1.82) is 0 Å². The van der Waals surface area contributed by atoms with Crippen LogP contribution < -0.4 is 14.8 Å². The molecule has 10 nitrogen and oxygen atoms in total. The van der Waals surface area contributed by atoms with Gasteiger partial charge in [-0.15, -0.1) is 21.5 Å². The first-order valence-electron chi connectivity index (χ1n) is 15.0. The first kappa shape index (κ1) is 32.0. The second kappa shape index (κ2) is 14.2. The van der Waals surface area contributed by atoms with Gasteiger partial charge in [0, 0.05) is 6.42 Å². The molecule has 1 aliphatic heterocycles. The van der Waals surface area contributed by atoms with Crippen LogP contribution in [0.2, 0.25) is 0 Å². The number of hydrogen-bond donors (Lipinski definition) is 1. The fourth-order valence-corrected chi connectivity index (χ4v) is 6.94. The van der Waals surface area contributed by atoms with E-state index in [-0.39, 0.29) is 30.2 Å². The molecule has 12 heteroatoms. The SMILES string of the molecule is COc1ccc([C@H]2CC(c3cccs3)=NN2C(=O)CSc2nnc(CNC(=O)c3ccccc3OC)n2-c2cc(C)ccc2C)cc1. The number of hydrogen-bond acceptors (Lipinski definition) is 9. The van der Waals surface area contributed by atoms with Crippen molar-refractivity contribution in [2.24, 2.45) is 5.10 Å². The summed E-state index contributed by atoms with van der Waals surface area (Å²) in [5, 5.41) is 20.8. The molecule has 0 saturated carbocycles. The quantitative estimate of drug-likeness (QED) is 0.163. The summed E-state index contributed by atoms with van der Waals surface area (Å²) in [6, 6.07) is 24.7. The summed E-state index contributed by atoms with van der Waals surface area (Å²) >= 11 is 2.90. The minimum absolute atomic E-state index is 0.0877. The number of nitrogens with zero attached hydrogens (tertiary/aromatic N) is 5. The lowest BCUT2D eigenvalue weighted by atomic mass is 10.0. The van der Waals surface area contributed by atoms with Crippen molar-refractivity contribution in [1.82, 2.24) is 25.1 Å². The van der Waals surface area contributed by atoms with Crippen LogP contribution in [0.4, 0.5) is 0 Å². The Labute approximate surface area is 281 Å². The zero-order chi connectivity index (χ0) is 32.9. The Bertz CT molecular complexity index is 1920. The zero-order valence-corrected chi connectivity index (χ0v) is 28.1. The molecule has 3 heterocycles. The minimum atomic E-state index is -0.291. The van der Waals surface area contributed by atoms with Crippen molar-refractivity contribution in [2.45, 2.75) is 38.0 Å². The van der Waals surface area contributed by atoms with Crippen molar-refractivity contribution in [2.75, 3.05) is 20.0 Å². The number of carbonyl (C=O) groups is 2. The van der Waals surface area contributed by atoms with Crippen LogP contribution in [-0.4, -0.2) is 57.3 Å². The summed E-state index contributed by atoms with van der Waals surface area (Å²) in [6.07, 6.45) is 0.609. The number of thioether (sulfide) groups is 1. The van der Waals surface area contributed by atoms with Crippen LogP contribution in [-0.2, 0) is 11.3 Å². The molecule has 2 aromatic heterocycles. The number of hydrazone groups is 1. The van der Waals surface area contributed by atoms with Gasteiger partial charge in [-0.3, -0.25) is 14.2 Å². The van der Waals surface area contributed by atoms with Gasteiger partial charge < -0.3 is 14.8 Å². The molecule has 0 spiro atoms. The Balaban J connectivity index is 1.26. The highest BCUT2D eigenvalue weighted by Gasteiger charge is 2.34. The fourth-order valence-electron chi connectivity index (χ4n) is 5.41. The molecular formula is C35H34N6O4S2. The molecule has 47 heavy (non-hydrogen) atoms. The Morgan fingerprint density at radius 1 is 0.979 bits per heavy atom. The largest absolute Gasteiger partial charge is 0.497 e. The lowest BCUT2D eigenvalue weighted by Gasteiger charge is -2.22. The van der Waals surface area contributed by atoms with E-state index >= 15 is 0 Å². The Kier molecular flexibility index (Phi) is 9.69. The van der Waals surface area contributed by atoms with Crippen LogP contribution in [0.1, 0.15) is 50.2 Å². The van der Waals surface area contributed by atoms with Crippen LogP contribution in [0.3, 0.4) is 0 Å². The van der Waals surface area contributed by atoms with Crippen LogP contribution in [0.25, 0.3) is 5.69 Å². The molecule has 0 aliphatic carbocycles. The molecule has 0 unspecified atom stereocenters. The van der Waals surface area contributed by atoms with Crippen molar-refractivity contribution in [3.05, 3.63) is 117 Å². The highest BCUT2D eigenvalue weighted by atomic mass is 32.2. The Morgan fingerprint density at radius 2 is 1.79 bits per heavy atom. The lowest BCUT2D eigenvalue weighted by molar-refractivity contribution is -0.130. The molecule has 0 fully saturated rings. The van der Waals surface area contributed by atoms with E-state index in [1.165, 1.54) is 18.9 Å². The zero-order valence-electron chi connectivity index (χ0n) is 26.5. The predicted octanol–water partition coefficient (Wildman–Crippen LogP) is 6.36. The van der Waals surface area contributed by atoms with E-state index in [0.29, 0.717) is 28.7 Å². The van der Waals surface area contributed by atoms with E-state index in [1.807, 2.05) is 84.5 Å². The number of nitrogens with one attached hydrogen (secondary N) is 1. The van der Waals surface area contributed by atoms with Crippen LogP contribution >= 0.6 is 23.1 Å². The van der Waals surface area contributed by atoms with Gasteiger partial charge in [0.25, 0.3) is 11.8 Å². The number of carbonyl (C=O) groups excluding carboxylic acids is 2. The number of ether oxygens (including phenoxy) is 2. The third-order valence-electron chi connectivity index (χ3n) is 7.86. The summed E-state index contributed by atoms with van der Waals surface area (Å²) in [5.74, 6) is 1.41. The second-order valence-electron chi connectivity index (χ2n) is 11.0. The first-order chi connectivity index (χ1) is 22.9. The molecule has 240 valence electrons. The molecule has 5 aromatic rings. The van der Waals surface area contributed by atoms with Crippen molar-refractivity contribution in [3.63, 3.8) is 0 Å². The first-order valence-corrected chi connectivity index (χ1v) is 16.9. The predicted molar refractivity (Wildman–Crippen MR) is 184 cm³/mol. The lowest BCUT2D eigenvalue weighted by Crippen LogP contribution is -2.28. The number of methoxy groups -OCH3 is 2. The maximum Gasteiger partial charge on any atom is 0.255 e. The van der Waals surface area contributed by atoms with Crippen LogP contribution in [0.15, 0.2) is 94.5 Å². The van der Waals surface area contributed by atoms with E-state index in [0.717, 1.165) is 38.7 Å².